The summed E-state index contributed by atoms with van der Waals surface area (Å²) < 4.78 is 5.07. The third-order valence-corrected chi connectivity index (χ3v) is 5.57. The first-order valence-corrected chi connectivity index (χ1v) is 11.4. The van der Waals surface area contributed by atoms with Gasteiger partial charge in [0.1, 0.15) is 17.5 Å². The van der Waals surface area contributed by atoms with Crippen LogP contribution in [0.25, 0.3) is 0 Å². The van der Waals surface area contributed by atoms with E-state index in [2.05, 4.69) is 10.7 Å². The summed E-state index contributed by atoms with van der Waals surface area (Å²) in [6, 6.07) is 14.9. The number of aromatic hydroxyl groups is 1. The van der Waals surface area contributed by atoms with Crippen LogP contribution >= 0.6 is 11.6 Å². The fourth-order valence-electron chi connectivity index (χ4n) is 3.22. The van der Waals surface area contributed by atoms with Crippen molar-refractivity contribution in [1.82, 2.24) is 15.8 Å². The Hall–Kier alpha value is -4.41. The number of benzene rings is 3. The fourth-order valence-corrected chi connectivity index (χ4v) is 3.48. The minimum atomic E-state index is -1.29. The molecule has 192 valence electrons. The van der Waals surface area contributed by atoms with Crippen LogP contribution in [0.4, 0.5) is 0 Å². The van der Waals surface area contributed by atoms with Gasteiger partial charge in [-0.2, -0.15) is 0 Å². The lowest BCUT2D eigenvalue weighted by molar-refractivity contribution is -0.139. The summed E-state index contributed by atoms with van der Waals surface area (Å²) in [5, 5.41) is 22.0. The topological polar surface area (TPSA) is 145 Å². The monoisotopic (exact) mass is 525 g/mol. The Bertz CT molecular complexity index is 1330. The number of carboxylic acid groups (broad SMARTS) is 1. The number of hydrazine groups is 1. The van der Waals surface area contributed by atoms with Crippen LogP contribution in [0.2, 0.25) is 5.02 Å². The molecule has 0 aliphatic carbocycles. The van der Waals surface area contributed by atoms with E-state index in [-0.39, 0.29) is 34.0 Å². The van der Waals surface area contributed by atoms with Gasteiger partial charge in [0.25, 0.3) is 17.7 Å². The van der Waals surface area contributed by atoms with Gasteiger partial charge < -0.3 is 20.3 Å². The van der Waals surface area contributed by atoms with E-state index in [1.54, 1.807) is 12.1 Å². The zero-order chi connectivity index (χ0) is 27.1. The van der Waals surface area contributed by atoms with Gasteiger partial charge >= 0.3 is 5.97 Å². The number of nitrogens with zero attached hydrogens (tertiary/aromatic N) is 1. The lowest BCUT2D eigenvalue weighted by Gasteiger charge is -2.24. The van der Waals surface area contributed by atoms with Crippen molar-refractivity contribution in [1.29, 1.82) is 0 Å². The van der Waals surface area contributed by atoms with E-state index in [9.17, 15) is 29.4 Å². The largest absolute Gasteiger partial charge is 0.508 e. The average molecular weight is 526 g/mol. The van der Waals surface area contributed by atoms with Crippen molar-refractivity contribution in [2.75, 3.05) is 7.11 Å². The number of methoxy groups -OCH3 is 1. The summed E-state index contributed by atoms with van der Waals surface area (Å²) in [6.07, 6.45) is 0. The maximum atomic E-state index is 13.3. The summed E-state index contributed by atoms with van der Waals surface area (Å²) in [5.74, 6) is -2.94. The van der Waals surface area contributed by atoms with Crippen molar-refractivity contribution in [3.63, 3.8) is 0 Å². The molecule has 0 aromatic heterocycles. The molecule has 3 amide bonds. The van der Waals surface area contributed by atoms with Crippen LogP contribution in [0.3, 0.4) is 0 Å². The number of imide groups is 1. The summed E-state index contributed by atoms with van der Waals surface area (Å²) in [5.41, 5.74) is 3.20. The molecule has 10 nitrogen and oxygen atoms in total. The second-order valence-electron chi connectivity index (χ2n) is 7.91. The van der Waals surface area contributed by atoms with Gasteiger partial charge in [0.15, 0.2) is 0 Å². The molecule has 0 aliphatic heterocycles. The van der Waals surface area contributed by atoms with Crippen LogP contribution in [-0.4, -0.2) is 52.1 Å². The van der Waals surface area contributed by atoms with E-state index in [4.69, 9.17) is 16.3 Å². The second kappa shape index (κ2) is 12.0. The Morgan fingerprint density at radius 2 is 1.65 bits per heavy atom. The predicted molar refractivity (Wildman–Crippen MR) is 134 cm³/mol. The van der Waals surface area contributed by atoms with Crippen molar-refractivity contribution in [3.05, 3.63) is 94.0 Å². The average Bonchev–Trinajstić information content (AvgIpc) is 2.89. The minimum absolute atomic E-state index is 0.0669. The fraction of sp³-hybridized carbons (Fsp3) is 0.154. The molecule has 0 heterocycles. The van der Waals surface area contributed by atoms with Crippen molar-refractivity contribution in [2.45, 2.75) is 19.5 Å². The maximum Gasteiger partial charge on any atom is 0.322 e. The van der Waals surface area contributed by atoms with E-state index >= 15 is 0 Å². The molecule has 0 saturated heterocycles. The Labute approximate surface area is 217 Å². The van der Waals surface area contributed by atoms with Crippen molar-refractivity contribution < 1.29 is 34.1 Å². The second-order valence-corrected chi connectivity index (χ2v) is 8.32. The van der Waals surface area contributed by atoms with E-state index in [1.807, 2.05) is 0 Å². The summed E-state index contributed by atoms with van der Waals surface area (Å²) in [4.78, 5) is 50.4. The van der Waals surface area contributed by atoms with Gasteiger partial charge in [-0.25, -0.2) is 10.4 Å². The number of amides is 3. The molecule has 3 rings (SSSR count). The molecule has 0 unspecified atom stereocenters. The molecular weight excluding hydrogens is 502 g/mol. The summed E-state index contributed by atoms with van der Waals surface area (Å²) in [7, 11) is 1.46. The number of halogens is 1. The maximum absolute atomic E-state index is 13.3. The van der Waals surface area contributed by atoms with Crippen molar-refractivity contribution >= 4 is 35.3 Å². The molecule has 11 heteroatoms. The van der Waals surface area contributed by atoms with Gasteiger partial charge in [0, 0.05) is 17.7 Å². The van der Waals surface area contributed by atoms with E-state index in [0.717, 1.165) is 0 Å². The first kappa shape index (κ1) is 27.2. The predicted octanol–water partition coefficient (Wildman–Crippen LogP) is 3.24. The molecule has 0 aliphatic rings. The van der Waals surface area contributed by atoms with E-state index in [1.165, 1.54) is 68.6 Å². The van der Waals surface area contributed by atoms with Crippen LogP contribution in [-0.2, 0) is 11.3 Å². The number of phenolic OH excluding ortho intramolecular Hbond substituents is 1. The van der Waals surface area contributed by atoms with Crippen LogP contribution in [0.15, 0.2) is 66.7 Å². The quantitative estimate of drug-likeness (QED) is 0.246. The molecule has 1 atom stereocenters. The van der Waals surface area contributed by atoms with Crippen LogP contribution in [0, 0.1) is 0 Å². The van der Waals surface area contributed by atoms with Gasteiger partial charge in [-0.15, -0.1) is 0 Å². The number of ether oxygens (including phenoxy) is 1. The number of carbonyl (C=O) groups is 4. The highest BCUT2D eigenvalue weighted by atomic mass is 35.5. The SMILES string of the molecule is COc1ccc(C(=O)N(N[C@@H](C)C(=O)O)C(=O)c2ccc(C(=O)NCc3cccc(O)c3)cc2Cl)cc1. The summed E-state index contributed by atoms with van der Waals surface area (Å²) in [6.45, 7) is 1.41. The Morgan fingerprint density at radius 3 is 2.24 bits per heavy atom. The number of aliphatic carboxylic acids is 1. The first-order valence-electron chi connectivity index (χ1n) is 11.0. The van der Waals surface area contributed by atoms with Gasteiger partial charge in [0.05, 0.1) is 17.7 Å². The molecule has 0 fully saturated rings. The minimum Gasteiger partial charge on any atom is -0.508 e. The number of rotatable bonds is 9. The Morgan fingerprint density at radius 1 is 0.973 bits per heavy atom. The Balaban J connectivity index is 1.83. The van der Waals surface area contributed by atoms with Crippen LogP contribution in [0.1, 0.15) is 43.6 Å². The number of hydrogen-bond donors (Lipinski definition) is 4. The van der Waals surface area contributed by atoms with Crippen LogP contribution < -0.4 is 15.5 Å². The lowest BCUT2D eigenvalue weighted by Crippen LogP contribution is -2.53. The lowest BCUT2D eigenvalue weighted by atomic mass is 10.1. The highest BCUT2D eigenvalue weighted by Crippen LogP contribution is 2.21. The molecule has 0 bridgehead atoms. The van der Waals surface area contributed by atoms with Gasteiger partial charge in [0.2, 0.25) is 0 Å². The molecule has 3 aromatic rings. The molecule has 0 radical (unpaired) electrons. The standard InChI is InChI=1S/C26H24ClN3O7/c1-15(26(35)36)29-30(24(33)17-6-9-20(37-2)10-7-17)25(34)21-11-8-18(13-22(21)27)23(32)28-14-16-4-3-5-19(31)12-16/h3-13,15,29,31H,14H2,1-2H3,(H,28,32)(H,35,36)/t15-/m0/s1. The number of carboxylic acids is 1. The zero-order valence-corrected chi connectivity index (χ0v) is 20.7. The van der Waals surface area contributed by atoms with Gasteiger partial charge in [-0.05, 0) is 67.1 Å². The van der Waals surface area contributed by atoms with Gasteiger partial charge in [-0.3, -0.25) is 19.2 Å². The number of phenols is 1. The van der Waals surface area contributed by atoms with Crippen LogP contribution in [0.5, 0.6) is 11.5 Å². The van der Waals surface area contributed by atoms with E-state index in [0.29, 0.717) is 16.3 Å². The molecule has 3 aromatic carbocycles. The molecule has 37 heavy (non-hydrogen) atoms. The first-order chi connectivity index (χ1) is 17.6. The normalized spacial score (nSPS) is 11.3. The molecule has 4 N–H and O–H groups in total. The zero-order valence-electron chi connectivity index (χ0n) is 19.9. The number of hydrogen-bond acceptors (Lipinski definition) is 7. The van der Waals surface area contributed by atoms with E-state index < -0.39 is 29.7 Å². The molecule has 0 spiro atoms. The third-order valence-electron chi connectivity index (χ3n) is 5.26. The molecule has 0 saturated carbocycles. The van der Waals surface area contributed by atoms with Crippen molar-refractivity contribution in [2.24, 2.45) is 0 Å². The van der Waals surface area contributed by atoms with Gasteiger partial charge in [-0.1, -0.05) is 23.7 Å². The highest BCUT2D eigenvalue weighted by molar-refractivity contribution is 6.34. The number of carbonyl (C=O) groups excluding carboxylic acids is 3. The third kappa shape index (κ3) is 6.84. The van der Waals surface area contributed by atoms with Crippen molar-refractivity contribution in [3.8, 4) is 11.5 Å². The number of nitrogens with one attached hydrogen (secondary N) is 2. The molecular formula is C26H24ClN3O7. The smallest absolute Gasteiger partial charge is 0.322 e. The highest BCUT2D eigenvalue weighted by Gasteiger charge is 2.29. The Kier molecular flexibility index (Phi) is 8.83. The summed E-state index contributed by atoms with van der Waals surface area (Å²) >= 11 is 6.31.